The standard InChI is InChI=1S/C17H17ClN2O3/c1-12-5-4-8-15(20(21)22)17(12)19-9-10-23-16(11-19)13-6-2-3-7-14(13)18/h2-8,16H,9-11H2,1H3. The minimum Gasteiger partial charge on any atom is -0.370 e. The van der Waals surface area contributed by atoms with Crippen LogP contribution in [0.4, 0.5) is 11.4 Å². The molecule has 1 fully saturated rings. The van der Waals surface area contributed by atoms with E-state index in [0.29, 0.717) is 30.4 Å². The van der Waals surface area contributed by atoms with Crippen molar-refractivity contribution >= 4 is 23.0 Å². The summed E-state index contributed by atoms with van der Waals surface area (Å²) in [6.45, 7) is 3.55. The third-order valence-electron chi connectivity index (χ3n) is 4.05. The van der Waals surface area contributed by atoms with E-state index in [2.05, 4.69) is 0 Å². The van der Waals surface area contributed by atoms with Gasteiger partial charge in [-0.3, -0.25) is 10.1 Å². The minimum absolute atomic E-state index is 0.129. The lowest BCUT2D eigenvalue weighted by molar-refractivity contribution is -0.384. The molecule has 2 aromatic carbocycles. The van der Waals surface area contributed by atoms with Gasteiger partial charge >= 0.3 is 0 Å². The van der Waals surface area contributed by atoms with Gasteiger partial charge in [0.05, 0.1) is 11.5 Å². The van der Waals surface area contributed by atoms with Gasteiger partial charge in [-0.2, -0.15) is 0 Å². The molecule has 1 aliphatic heterocycles. The first kappa shape index (κ1) is 15.8. The fourth-order valence-corrected chi connectivity index (χ4v) is 3.24. The first-order valence-electron chi connectivity index (χ1n) is 7.43. The molecule has 0 aromatic heterocycles. The van der Waals surface area contributed by atoms with Gasteiger partial charge in [-0.1, -0.05) is 41.9 Å². The number of anilines is 1. The molecule has 3 rings (SSSR count). The van der Waals surface area contributed by atoms with Crippen molar-refractivity contribution in [3.05, 3.63) is 68.7 Å². The topological polar surface area (TPSA) is 55.6 Å². The van der Waals surface area contributed by atoms with Crippen molar-refractivity contribution < 1.29 is 9.66 Å². The number of aryl methyl sites for hydroxylation is 1. The maximum Gasteiger partial charge on any atom is 0.292 e. The van der Waals surface area contributed by atoms with Crippen LogP contribution in [0.3, 0.4) is 0 Å². The molecule has 23 heavy (non-hydrogen) atoms. The Morgan fingerprint density at radius 3 is 2.78 bits per heavy atom. The van der Waals surface area contributed by atoms with Gasteiger partial charge in [-0.25, -0.2) is 0 Å². The largest absolute Gasteiger partial charge is 0.370 e. The van der Waals surface area contributed by atoms with Gasteiger partial charge in [0.25, 0.3) is 5.69 Å². The Bertz CT molecular complexity index is 736. The number of para-hydroxylation sites is 1. The van der Waals surface area contributed by atoms with Crippen LogP contribution in [0.1, 0.15) is 17.2 Å². The second kappa shape index (κ2) is 6.56. The zero-order valence-electron chi connectivity index (χ0n) is 12.7. The monoisotopic (exact) mass is 332 g/mol. The van der Waals surface area contributed by atoms with Crippen LogP contribution in [-0.4, -0.2) is 24.6 Å². The molecule has 1 unspecified atom stereocenters. The van der Waals surface area contributed by atoms with Gasteiger partial charge < -0.3 is 9.64 Å². The fourth-order valence-electron chi connectivity index (χ4n) is 2.98. The molecule has 1 heterocycles. The predicted molar refractivity (Wildman–Crippen MR) is 90.2 cm³/mol. The number of nitrogens with zero attached hydrogens (tertiary/aromatic N) is 2. The van der Waals surface area contributed by atoms with E-state index in [-0.39, 0.29) is 16.7 Å². The molecule has 5 nitrogen and oxygen atoms in total. The molecule has 2 aromatic rings. The quantitative estimate of drug-likeness (QED) is 0.626. The summed E-state index contributed by atoms with van der Waals surface area (Å²) in [4.78, 5) is 13.0. The third kappa shape index (κ3) is 3.16. The maximum atomic E-state index is 11.3. The second-order valence-corrected chi connectivity index (χ2v) is 5.93. The number of benzene rings is 2. The summed E-state index contributed by atoms with van der Waals surface area (Å²) in [6, 6.07) is 12.7. The van der Waals surface area contributed by atoms with Crippen molar-refractivity contribution in [2.45, 2.75) is 13.0 Å². The molecule has 1 aliphatic rings. The smallest absolute Gasteiger partial charge is 0.292 e. The number of ether oxygens (including phenoxy) is 1. The summed E-state index contributed by atoms with van der Waals surface area (Å²) >= 11 is 6.26. The van der Waals surface area contributed by atoms with E-state index < -0.39 is 0 Å². The molecule has 0 bridgehead atoms. The van der Waals surface area contributed by atoms with Crippen molar-refractivity contribution in [3.63, 3.8) is 0 Å². The molecule has 6 heteroatoms. The third-order valence-corrected chi connectivity index (χ3v) is 4.39. The number of halogens is 1. The first-order valence-corrected chi connectivity index (χ1v) is 7.80. The Morgan fingerprint density at radius 1 is 1.26 bits per heavy atom. The highest BCUT2D eigenvalue weighted by Crippen LogP contribution is 2.36. The summed E-state index contributed by atoms with van der Waals surface area (Å²) in [5.41, 5.74) is 2.59. The van der Waals surface area contributed by atoms with Crippen LogP contribution in [0.25, 0.3) is 0 Å². The van der Waals surface area contributed by atoms with Crippen molar-refractivity contribution in [3.8, 4) is 0 Å². The summed E-state index contributed by atoms with van der Waals surface area (Å²) < 4.78 is 5.84. The second-order valence-electron chi connectivity index (χ2n) is 5.53. The normalized spacial score (nSPS) is 18.0. The summed E-state index contributed by atoms with van der Waals surface area (Å²) in [5.74, 6) is 0. The number of nitro benzene ring substituents is 1. The van der Waals surface area contributed by atoms with E-state index in [4.69, 9.17) is 16.3 Å². The SMILES string of the molecule is Cc1cccc([N+](=O)[O-])c1N1CCOC(c2ccccc2Cl)C1. The Labute approximate surface area is 139 Å². The molecule has 0 amide bonds. The zero-order valence-corrected chi connectivity index (χ0v) is 13.5. The van der Waals surface area contributed by atoms with Crippen molar-refractivity contribution in [1.29, 1.82) is 0 Å². The minimum atomic E-state index is -0.331. The van der Waals surface area contributed by atoms with E-state index in [1.165, 1.54) is 0 Å². The van der Waals surface area contributed by atoms with Crippen LogP contribution >= 0.6 is 11.6 Å². The molecule has 0 spiro atoms. The molecule has 1 atom stereocenters. The summed E-state index contributed by atoms with van der Waals surface area (Å²) in [5, 5.41) is 12.0. The van der Waals surface area contributed by atoms with Gasteiger partial charge in [-0.05, 0) is 18.6 Å². The number of morpholine rings is 1. The average Bonchev–Trinajstić information content (AvgIpc) is 2.55. The van der Waals surface area contributed by atoms with Crippen LogP contribution in [0.15, 0.2) is 42.5 Å². The van der Waals surface area contributed by atoms with Crippen LogP contribution in [0.2, 0.25) is 5.02 Å². The van der Waals surface area contributed by atoms with Crippen molar-refractivity contribution in [2.75, 3.05) is 24.6 Å². The van der Waals surface area contributed by atoms with Gasteiger partial charge in [0.15, 0.2) is 0 Å². The van der Waals surface area contributed by atoms with Crippen LogP contribution in [0, 0.1) is 17.0 Å². The molecule has 0 aliphatic carbocycles. The van der Waals surface area contributed by atoms with E-state index >= 15 is 0 Å². The van der Waals surface area contributed by atoms with Gasteiger partial charge in [0.1, 0.15) is 11.8 Å². The molecule has 1 saturated heterocycles. The number of hydrogen-bond donors (Lipinski definition) is 0. The molecule has 0 saturated carbocycles. The predicted octanol–water partition coefficient (Wildman–Crippen LogP) is 4.13. The molecule has 0 N–H and O–H groups in total. The number of hydrogen-bond acceptors (Lipinski definition) is 4. The number of rotatable bonds is 3. The lowest BCUT2D eigenvalue weighted by Gasteiger charge is -2.35. The zero-order chi connectivity index (χ0) is 16.4. The molecule has 0 radical (unpaired) electrons. The maximum absolute atomic E-state index is 11.3. The lowest BCUT2D eigenvalue weighted by Crippen LogP contribution is -2.39. The van der Waals surface area contributed by atoms with Gasteiger partial charge in [0, 0.05) is 29.7 Å². The van der Waals surface area contributed by atoms with E-state index in [1.807, 2.05) is 42.2 Å². The Morgan fingerprint density at radius 2 is 2.04 bits per heavy atom. The van der Waals surface area contributed by atoms with E-state index in [1.54, 1.807) is 12.1 Å². The Kier molecular flexibility index (Phi) is 4.50. The highest BCUT2D eigenvalue weighted by atomic mass is 35.5. The first-order chi connectivity index (χ1) is 11.1. The highest BCUT2D eigenvalue weighted by Gasteiger charge is 2.28. The molecule has 120 valence electrons. The molecular weight excluding hydrogens is 316 g/mol. The fraction of sp³-hybridized carbons (Fsp3) is 0.294. The van der Waals surface area contributed by atoms with Crippen molar-refractivity contribution in [1.82, 2.24) is 0 Å². The summed E-state index contributed by atoms with van der Waals surface area (Å²) in [7, 11) is 0. The molecular formula is C17H17ClN2O3. The van der Waals surface area contributed by atoms with Gasteiger partial charge in [-0.15, -0.1) is 0 Å². The van der Waals surface area contributed by atoms with E-state index in [9.17, 15) is 10.1 Å². The lowest BCUT2D eigenvalue weighted by atomic mass is 10.1. The van der Waals surface area contributed by atoms with Crippen molar-refractivity contribution in [2.24, 2.45) is 0 Å². The van der Waals surface area contributed by atoms with Crippen LogP contribution in [0.5, 0.6) is 0 Å². The van der Waals surface area contributed by atoms with Crippen LogP contribution in [-0.2, 0) is 4.74 Å². The Balaban J connectivity index is 1.94. The average molecular weight is 333 g/mol. The van der Waals surface area contributed by atoms with E-state index in [0.717, 1.165) is 11.1 Å². The van der Waals surface area contributed by atoms with Gasteiger partial charge in [0.2, 0.25) is 0 Å². The Hall–Kier alpha value is -2.11. The number of nitro groups is 1. The highest BCUT2D eigenvalue weighted by molar-refractivity contribution is 6.31. The summed E-state index contributed by atoms with van der Waals surface area (Å²) in [6.07, 6.45) is -0.198. The van der Waals surface area contributed by atoms with Crippen LogP contribution < -0.4 is 4.90 Å².